The molecule has 102 valence electrons. The molecule has 4 nitrogen and oxygen atoms in total. The minimum atomic E-state index is -3.22. The summed E-state index contributed by atoms with van der Waals surface area (Å²) >= 11 is 0. The van der Waals surface area contributed by atoms with Crippen molar-refractivity contribution in [3.8, 4) is 0 Å². The molecule has 1 aliphatic heterocycles. The Morgan fingerprint density at radius 3 is 2.89 bits per heavy atom. The van der Waals surface area contributed by atoms with E-state index in [1.807, 2.05) is 6.07 Å². The molecule has 0 atom stereocenters. The van der Waals surface area contributed by atoms with Crippen molar-refractivity contribution >= 4 is 20.9 Å². The Morgan fingerprint density at radius 2 is 2.16 bits per heavy atom. The zero-order chi connectivity index (χ0) is 13.6. The van der Waals surface area contributed by atoms with E-state index in [1.54, 1.807) is 6.07 Å². The molecule has 1 aromatic heterocycles. The van der Waals surface area contributed by atoms with Crippen molar-refractivity contribution in [3.05, 3.63) is 35.3 Å². The largest absolute Gasteiger partial charge is 0.355 e. The maximum Gasteiger partial charge on any atom is 0.211 e. The number of halogens is 1. The molecule has 3 rings (SSSR count). The van der Waals surface area contributed by atoms with E-state index in [0.717, 1.165) is 29.5 Å². The summed E-state index contributed by atoms with van der Waals surface area (Å²) in [5.74, 6) is -0.295. The molecular weight excluding hydrogens is 267 g/mol. The summed E-state index contributed by atoms with van der Waals surface area (Å²) in [5, 5.41) is 0.866. The lowest BCUT2D eigenvalue weighted by Crippen LogP contribution is -2.29. The molecule has 0 amide bonds. The number of aromatic nitrogens is 1. The zero-order valence-corrected chi connectivity index (χ0v) is 11.4. The lowest BCUT2D eigenvalue weighted by Gasteiger charge is -2.16. The van der Waals surface area contributed by atoms with Gasteiger partial charge in [-0.15, -0.1) is 0 Å². The lowest BCUT2D eigenvalue weighted by molar-refractivity contribution is 0.411. The first-order chi connectivity index (χ1) is 8.97. The second-order valence-corrected chi connectivity index (χ2v) is 6.93. The minimum Gasteiger partial charge on any atom is -0.355 e. The van der Waals surface area contributed by atoms with Gasteiger partial charge in [-0.1, -0.05) is 12.1 Å². The van der Waals surface area contributed by atoms with Gasteiger partial charge in [0.05, 0.1) is 18.3 Å². The average Bonchev–Trinajstić information content (AvgIpc) is 2.54. The van der Waals surface area contributed by atoms with Crippen LogP contribution in [0, 0.1) is 5.82 Å². The molecule has 0 aliphatic carbocycles. The van der Waals surface area contributed by atoms with Crippen LogP contribution in [-0.2, 0) is 23.0 Å². The average molecular weight is 282 g/mol. The minimum absolute atomic E-state index is 0.294. The Bertz CT molecular complexity index is 736. The summed E-state index contributed by atoms with van der Waals surface area (Å²) in [5.41, 5.74) is 2.33. The summed E-state index contributed by atoms with van der Waals surface area (Å²) in [4.78, 5) is 3.05. The Hall–Kier alpha value is -1.40. The van der Waals surface area contributed by atoms with E-state index < -0.39 is 10.0 Å². The highest BCUT2D eigenvalue weighted by Gasteiger charge is 2.24. The molecule has 0 fully saturated rings. The summed E-state index contributed by atoms with van der Waals surface area (Å²) in [6.07, 6.45) is 2.73. The quantitative estimate of drug-likeness (QED) is 0.870. The first kappa shape index (κ1) is 12.6. The number of fused-ring (bicyclic) bond motifs is 3. The molecule has 1 N–H and O–H groups in total. The van der Waals surface area contributed by atoms with Crippen LogP contribution in [0.5, 0.6) is 0 Å². The first-order valence-electron chi connectivity index (χ1n) is 6.20. The number of rotatable bonds is 1. The van der Waals surface area contributed by atoms with E-state index >= 15 is 0 Å². The number of para-hydroxylation sites is 1. The number of H-pyrrole nitrogens is 1. The van der Waals surface area contributed by atoms with Gasteiger partial charge in [0.25, 0.3) is 0 Å². The molecule has 0 saturated heterocycles. The number of aryl methyl sites for hydroxylation is 1. The van der Waals surface area contributed by atoms with Gasteiger partial charge in [0, 0.05) is 17.6 Å². The highest BCUT2D eigenvalue weighted by Crippen LogP contribution is 2.29. The van der Waals surface area contributed by atoms with E-state index in [4.69, 9.17) is 0 Å². The molecule has 19 heavy (non-hydrogen) atoms. The van der Waals surface area contributed by atoms with Crippen molar-refractivity contribution in [2.75, 3.05) is 12.8 Å². The fourth-order valence-electron chi connectivity index (χ4n) is 2.68. The van der Waals surface area contributed by atoms with Crippen LogP contribution in [-0.4, -0.2) is 30.5 Å². The SMILES string of the molecule is CS(=O)(=O)N1CCCc2c([nH]c3c(F)cccc23)C1. The van der Waals surface area contributed by atoms with Crippen LogP contribution >= 0.6 is 0 Å². The zero-order valence-electron chi connectivity index (χ0n) is 10.6. The Kier molecular flexibility index (Phi) is 2.87. The molecule has 6 heteroatoms. The number of hydrogen-bond acceptors (Lipinski definition) is 2. The highest BCUT2D eigenvalue weighted by atomic mass is 32.2. The number of aromatic amines is 1. The Labute approximate surface area is 111 Å². The van der Waals surface area contributed by atoms with Crippen molar-refractivity contribution in [1.82, 2.24) is 9.29 Å². The number of nitrogens with one attached hydrogen (secondary N) is 1. The maximum atomic E-state index is 13.7. The molecule has 1 aliphatic rings. The van der Waals surface area contributed by atoms with Crippen LogP contribution < -0.4 is 0 Å². The second-order valence-electron chi connectivity index (χ2n) is 4.94. The lowest BCUT2D eigenvalue weighted by atomic mass is 10.1. The standard InChI is InChI=1S/C13H15FN2O2S/c1-19(17,18)16-7-3-5-9-10-4-2-6-11(14)13(10)15-12(9)8-16/h2,4,6,15H,3,5,7-8H2,1H3. The monoisotopic (exact) mass is 282 g/mol. The van der Waals surface area contributed by atoms with Crippen molar-refractivity contribution in [2.24, 2.45) is 0 Å². The van der Waals surface area contributed by atoms with Gasteiger partial charge < -0.3 is 4.98 Å². The summed E-state index contributed by atoms with van der Waals surface area (Å²) in [6.45, 7) is 0.806. The van der Waals surface area contributed by atoms with Gasteiger partial charge in [-0.3, -0.25) is 0 Å². The predicted molar refractivity (Wildman–Crippen MR) is 71.8 cm³/mol. The maximum absolute atomic E-state index is 13.7. The molecule has 1 aromatic carbocycles. The van der Waals surface area contributed by atoms with Crippen LogP contribution in [0.3, 0.4) is 0 Å². The molecule has 0 saturated carbocycles. The number of hydrogen-bond donors (Lipinski definition) is 1. The Morgan fingerprint density at radius 1 is 1.37 bits per heavy atom. The third-order valence-electron chi connectivity index (χ3n) is 3.62. The first-order valence-corrected chi connectivity index (χ1v) is 8.05. The normalized spacial score (nSPS) is 17.4. The van der Waals surface area contributed by atoms with E-state index in [0.29, 0.717) is 18.6 Å². The predicted octanol–water partition coefficient (Wildman–Crippen LogP) is 2.01. The summed E-state index contributed by atoms with van der Waals surface area (Å²) in [7, 11) is -3.22. The third kappa shape index (κ3) is 2.15. The van der Waals surface area contributed by atoms with Gasteiger partial charge in [-0.05, 0) is 24.5 Å². The van der Waals surface area contributed by atoms with Crippen LogP contribution in [0.2, 0.25) is 0 Å². The van der Waals surface area contributed by atoms with Gasteiger partial charge in [0.1, 0.15) is 5.82 Å². The van der Waals surface area contributed by atoms with Gasteiger partial charge in [0.2, 0.25) is 10.0 Å². The molecule has 2 aromatic rings. The van der Waals surface area contributed by atoms with E-state index in [-0.39, 0.29) is 5.82 Å². The van der Waals surface area contributed by atoms with Gasteiger partial charge in [-0.25, -0.2) is 12.8 Å². The molecule has 0 radical (unpaired) electrons. The van der Waals surface area contributed by atoms with Gasteiger partial charge >= 0.3 is 0 Å². The van der Waals surface area contributed by atoms with Crippen molar-refractivity contribution in [3.63, 3.8) is 0 Å². The number of sulfonamides is 1. The number of nitrogens with zero attached hydrogens (tertiary/aromatic N) is 1. The second kappa shape index (κ2) is 4.31. The Balaban J connectivity index is 2.14. The summed E-state index contributed by atoms with van der Waals surface area (Å²) < 4.78 is 38.5. The molecule has 2 heterocycles. The van der Waals surface area contributed by atoms with Crippen LogP contribution in [0.15, 0.2) is 18.2 Å². The fourth-order valence-corrected chi connectivity index (χ4v) is 3.51. The summed E-state index contributed by atoms with van der Waals surface area (Å²) in [6, 6.07) is 4.97. The number of benzene rings is 1. The van der Waals surface area contributed by atoms with Crippen molar-refractivity contribution in [2.45, 2.75) is 19.4 Å². The molecule has 0 spiro atoms. The van der Waals surface area contributed by atoms with E-state index in [2.05, 4.69) is 4.98 Å². The van der Waals surface area contributed by atoms with E-state index in [1.165, 1.54) is 16.6 Å². The smallest absolute Gasteiger partial charge is 0.211 e. The van der Waals surface area contributed by atoms with Crippen LogP contribution in [0.1, 0.15) is 17.7 Å². The molecule has 0 unspecified atom stereocenters. The molecule has 0 bridgehead atoms. The van der Waals surface area contributed by atoms with Crippen LogP contribution in [0.4, 0.5) is 4.39 Å². The van der Waals surface area contributed by atoms with E-state index in [9.17, 15) is 12.8 Å². The third-order valence-corrected chi connectivity index (χ3v) is 4.87. The topological polar surface area (TPSA) is 53.2 Å². The van der Waals surface area contributed by atoms with Crippen LogP contribution in [0.25, 0.3) is 10.9 Å². The van der Waals surface area contributed by atoms with Crippen molar-refractivity contribution in [1.29, 1.82) is 0 Å². The van der Waals surface area contributed by atoms with Gasteiger partial charge in [0.15, 0.2) is 0 Å². The highest BCUT2D eigenvalue weighted by molar-refractivity contribution is 7.88. The van der Waals surface area contributed by atoms with Gasteiger partial charge in [-0.2, -0.15) is 4.31 Å². The van der Waals surface area contributed by atoms with Crippen molar-refractivity contribution < 1.29 is 12.8 Å². The molecular formula is C13H15FN2O2S. The fraction of sp³-hybridized carbons (Fsp3) is 0.385.